The standard InChI is InChI=1S/C31H26ClFN4O/c1-3-31-35-12-5-4-6-21(16-29(36-31)27-17-26(32)8-9-28(27)33)24-15-25(19-34-18-24)22-7-10-30-23(14-22)11-13-37(30)20(2)38/h4-10,12,14-19H,3,11,13H2,1-2H3. The summed E-state index contributed by atoms with van der Waals surface area (Å²) < 4.78 is 14.9. The summed E-state index contributed by atoms with van der Waals surface area (Å²) in [4.78, 5) is 27.4. The van der Waals surface area contributed by atoms with Crippen molar-refractivity contribution in [3.63, 3.8) is 0 Å². The number of nitrogens with zero attached hydrogens (tertiary/aromatic N) is 4. The van der Waals surface area contributed by atoms with Crippen molar-refractivity contribution in [1.82, 2.24) is 15.0 Å². The van der Waals surface area contributed by atoms with Crippen LogP contribution in [-0.2, 0) is 17.6 Å². The molecule has 0 radical (unpaired) electrons. The van der Waals surface area contributed by atoms with E-state index in [4.69, 9.17) is 16.6 Å². The molecule has 0 N–H and O–H groups in total. The highest BCUT2D eigenvalue weighted by Crippen LogP contribution is 2.34. The maximum absolute atomic E-state index is 14.9. The topological polar surface area (TPSA) is 59.0 Å². The number of hydrogen-bond acceptors (Lipinski definition) is 4. The summed E-state index contributed by atoms with van der Waals surface area (Å²) in [5, 5.41) is 0.421. The molecule has 1 aliphatic heterocycles. The Bertz CT molecular complexity index is 1590. The van der Waals surface area contributed by atoms with Crippen LogP contribution >= 0.6 is 11.6 Å². The predicted octanol–water partition coefficient (Wildman–Crippen LogP) is 7.26. The van der Waals surface area contributed by atoms with Crippen molar-refractivity contribution in [3.05, 3.63) is 108 Å². The van der Waals surface area contributed by atoms with Gasteiger partial charge in [0.15, 0.2) is 0 Å². The Kier molecular flexibility index (Phi) is 7.43. The summed E-state index contributed by atoms with van der Waals surface area (Å²) in [5.74, 6) is 0.209. The van der Waals surface area contributed by atoms with Gasteiger partial charge >= 0.3 is 0 Å². The molecule has 38 heavy (non-hydrogen) atoms. The number of fused-ring (bicyclic) bond motifs is 1. The Hall–Kier alpha value is -4.16. The molecular formula is C31H26ClFN4O. The number of carbonyl (C=O) groups excluding carboxylic acids is 1. The van der Waals surface area contributed by atoms with Crippen LogP contribution in [0.4, 0.5) is 10.1 Å². The van der Waals surface area contributed by atoms with Crippen LogP contribution in [0.25, 0.3) is 33.5 Å². The van der Waals surface area contributed by atoms with Crippen LogP contribution in [0.1, 0.15) is 25.2 Å². The van der Waals surface area contributed by atoms with E-state index >= 15 is 0 Å². The van der Waals surface area contributed by atoms with Crippen molar-refractivity contribution in [1.29, 1.82) is 0 Å². The van der Waals surface area contributed by atoms with E-state index in [0.717, 1.165) is 39.9 Å². The normalized spacial score (nSPS) is 12.2. The van der Waals surface area contributed by atoms with Gasteiger partial charge < -0.3 is 4.90 Å². The molecule has 190 valence electrons. The smallest absolute Gasteiger partial charge is 0.223 e. The molecule has 5 rings (SSSR count). The third-order valence-electron chi connectivity index (χ3n) is 6.52. The van der Waals surface area contributed by atoms with Crippen molar-refractivity contribution in [2.24, 2.45) is 0 Å². The average Bonchev–Trinajstić information content (AvgIpc) is 3.36. The zero-order valence-electron chi connectivity index (χ0n) is 21.2. The first kappa shape index (κ1) is 25.5. The lowest BCUT2D eigenvalue weighted by atomic mass is 9.99. The summed E-state index contributed by atoms with van der Waals surface area (Å²) in [6.45, 7) is 4.24. The Morgan fingerprint density at radius 2 is 1.76 bits per heavy atom. The fourth-order valence-corrected chi connectivity index (χ4v) is 4.75. The van der Waals surface area contributed by atoms with Crippen LogP contribution in [0.3, 0.4) is 0 Å². The maximum Gasteiger partial charge on any atom is 0.223 e. The minimum absolute atomic E-state index is 0.0498. The Labute approximate surface area is 226 Å². The third kappa shape index (κ3) is 5.41. The zero-order valence-corrected chi connectivity index (χ0v) is 21.9. The molecule has 0 saturated heterocycles. The number of rotatable bonds is 4. The molecule has 0 bridgehead atoms. The average molecular weight is 525 g/mol. The first-order valence-electron chi connectivity index (χ1n) is 12.5. The van der Waals surface area contributed by atoms with Gasteiger partial charge in [0.1, 0.15) is 11.6 Å². The lowest BCUT2D eigenvalue weighted by molar-refractivity contribution is -0.116. The molecule has 3 heterocycles. The van der Waals surface area contributed by atoms with Gasteiger partial charge in [-0.1, -0.05) is 36.7 Å². The summed E-state index contributed by atoms with van der Waals surface area (Å²) in [5.41, 5.74) is 6.45. The monoisotopic (exact) mass is 524 g/mol. The lowest BCUT2D eigenvalue weighted by Crippen LogP contribution is -2.25. The fourth-order valence-electron chi connectivity index (χ4n) is 4.58. The van der Waals surface area contributed by atoms with Gasteiger partial charge in [-0.2, -0.15) is 0 Å². The van der Waals surface area contributed by atoms with Gasteiger partial charge in [0.05, 0.1) is 5.69 Å². The summed E-state index contributed by atoms with van der Waals surface area (Å²) in [6.07, 6.45) is 6.68. The van der Waals surface area contributed by atoms with Crippen LogP contribution in [0.2, 0.25) is 5.02 Å². The molecule has 0 aliphatic carbocycles. The molecule has 0 fully saturated rings. The summed E-state index contributed by atoms with van der Waals surface area (Å²) in [6, 6.07) is 20.1. The van der Waals surface area contributed by atoms with E-state index in [2.05, 4.69) is 22.1 Å². The van der Waals surface area contributed by atoms with Gasteiger partial charge in [-0.15, -0.1) is 0 Å². The second-order valence-corrected chi connectivity index (χ2v) is 9.48. The lowest BCUT2D eigenvalue weighted by Gasteiger charge is -2.15. The number of anilines is 1. The van der Waals surface area contributed by atoms with Crippen molar-refractivity contribution in [3.8, 4) is 33.5 Å². The summed E-state index contributed by atoms with van der Waals surface area (Å²) in [7, 11) is 0. The molecule has 5 nitrogen and oxygen atoms in total. The van der Waals surface area contributed by atoms with E-state index in [1.807, 2.05) is 49.5 Å². The van der Waals surface area contributed by atoms with Crippen LogP contribution in [0, 0.1) is 5.82 Å². The number of pyridine rings is 1. The molecular weight excluding hydrogens is 499 g/mol. The number of halogens is 2. The number of hydrogen-bond donors (Lipinski definition) is 0. The fraction of sp³-hybridized carbons (Fsp3) is 0.161. The molecule has 7 heteroatoms. The quantitative estimate of drug-likeness (QED) is 0.282. The number of amides is 1. The predicted molar refractivity (Wildman–Crippen MR) is 150 cm³/mol. The second-order valence-electron chi connectivity index (χ2n) is 9.05. The molecule has 2 aromatic carbocycles. The molecule has 0 spiro atoms. The molecule has 4 aromatic rings. The van der Waals surface area contributed by atoms with Crippen LogP contribution < -0.4 is 4.90 Å². The van der Waals surface area contributed by atoms with Crippen molar-refractivity contribution in [2.75, 3.05) is 11.4 Å². The highest BCUT2D eigenvalue weighted by atomic mass is 35.5. The Morgan fingerprint density at radius 1 is 0.974 bits per heavy atom. The molecule has 1 amide bonds. The van der Waals surface area contributed by atoms with Gasteiger partial charge in [0.2, 0.25) is 5.91 Å². The first-order chi connectivity index (χ1) is 18.4. The van der Waals surface area contributed by atoms with Gasteiger partial charge in [0.25, 0.3) is 0 Å². The van der Waals surface area contributed by atoms with E-state index in [1.54, 1.807) is 30.3 Å². The molecule has 1 aliphatic rings. The number of benzene rings is 2. The number of carbonyl (C=O) groups is 1. The van der Waals surface area contributed by atoms with E-state index in [0.29, 0.717) is 35.1 Å². The highest BCUT2D eigenvalue weighted by Gasteiger charge is 2.22. The van der Waals surface area contributed by atoms with E-state index < -0.39 is 5.82 Å². The number of aryl methyl sites for hydroxylation is 1. The van der Waals surface area contributed by atoms with E-state index in [-0.39, 0.29) is 5.91 Å². The number of aromatic nitrogens is 3. The van der Waals surface area contributed by atoms with Crippen molar-refractivity contribution >= 4 is 23.2 Å². The second kappa shape index (κ2) is 11.1. The van der Waals surface area contributed by atoms with E-state index in [9.17, 15) is 9.18 Å². The van der Waals surface area contributed by atoms with Crippen LogP contribution in [0.15, 0.2) is 85.3 Å². The first-order valence-corrected chi connectivity index (χ1v) is 12.8. The Morgan fingerprint density at radius 3 is 2.53 bits per heavy atom. The van der Waals surface area contributed by atoms with Gasteiger partial charge in [-0.3, -0.25) is 9.78 Å². The molecule has 0 unspecified atom stereocenters. The minimum Gasteiger partial charge on any atom is -0.312 e. The SMILES string of the molecule is CCc1nccccc(-c2cncc(-c3ccc4c(c3)CCN4C(C)=O)c2)cc(-c2cc(Cl)ccc2F)n1. The molecule has 2 aromatic heterocycles. The Balaban J connectivity index is 1.64. The maximum atomic E-state index is 14.9. The summed E-state index contributed by atoms with van der Waals surface area (Å²) >= 11 is 6.22. The highest BCUT2D eigenvalue weighted by molar-refractivity contribution is 6.30. The van der Waals surface area contributed by atoms with Gasteiger partial charge in [0, 0.05) is 65.9 Å². The third-order valence-corrected chi connectivity index (χ3v) is 6.75. The van der Waals surface area contributed by atoms with Gasteiger partial charge in [-0.25, -0.2) is 14.4 Å². The minimum atomic E-state index is -0.416. The molecule has 0 saturated carbocycles. The zero-order chi connectivity index (χ0) is 26.6. The van der Waals surface area contributed by atoms with Gasteiger partial charge in [-0.05, 0) is 71.6 Å². The molecule has 0 atom stereocenters. The van der Waals surface area contributed by atoms with Crippen LogP contribution in [-0.4, -0.2) is 27.4 Å². The van der Waals surface area contributed by atoms with E-state index in [1.165, 1.54) is 12.1 Å². The van der Waals surface area contributed by atoms with Crippen molar-refractivity contribution < 1.29 is 9.18 Å². The largest absolute Gasteiger partial charge is 0.312 e. The van der Waals surface area contributed by atoms with Crippen molar-refractivity contribution in [2.45, 2.75) is 26.7 Å². The van der Waals surface area contributed by atoms with Crippen LogP contribution in [0.5, 0.6) is 0 Å².